The molecule has 0 amide bonds. The summed E-state index contributed by atoms with van der Waals surface area (Å²) in [5.41, 5.74) is 9.20. The topological polar surface area (TPSA) is 26.0 Å². The maximum absolute atomic E-state index is 6.26. The predicted molar refractivity (Wildman–Crippen MR) is 160 cm³/mol. The van der Waals surface area contributed by atoms with Crippen LogP contribution >= 0.6 is 11.3 Å². The van der Waals surface area contributed by atoms with Crippen molar-refractivity contribution >= 4 is 43.3 Å². The SMILES string of the molecule is Cc1csc2c(-c3ccc4cc(CC(C)C)oc4c3)cc(-c3cc(C(C)(C)C)c4ccccc4c3)nc12. The maximum Gasteiger partial charge on any atom is 0.134 e. The Hall–Kier alpha value is -3.43. The quantitative estimate of drug-likeness (QED) is 0.239. The van der Waals surface area contributed by atoms with Gasteiger partial charge in [-0.25, -0.2) is 4.98 Å². The Morgan fingerprint density at radius 2 is 1.70 bits per heavy atom. The molecule has 0 saturated carbocycles. The van der Waals surface area contributed by atoms with Gasteiger partial charge < -0.3 is 4.42 Å². The van der Waals surface area contributed by atoms with E-state index in [1.54, 1.807) is 11.3 Å². The van der Waals surface area contributed by atoms with Crippen LogP contribution in [0.5, 0.6) is 0 Å². The first-order valence-corrected chi connectivity index (χ1v) is 14.0. The minimum absolute atomic E-state index is 0.0266. The number of nitrogens with zero attached hydrogens (tertiary/aromatic N) is 1. The van der Waals surface area contributed by atoms with Gasteiger partial charge in [-0.3, -0.25) is 0 Å². The second kappa shape index (κ2) is 8.85. The van der Waals surface area contributed by atoms with Gasteiger partial charge >= 0.3 is 0 Å². The smallest absolute Gasteiger partial charge is 0.134 e. The molecule has 3 heterocycles. The Morgan fingerprint density at radius 3 is 2.49 bits per heavy atom. The van der Waals surface area contributed by atoms with E-state index in [-0.39, 0.29) is 5.41 Å². The summed E-state index contributed by atoms with van der Waals surface area (Å²) in [4.78, 5) is 5.21. The van der Waals surface area contributed by atoms with Gasteiger partial charge in [0.15, 0.2) is 0 Å². The number of thiophene rings is 1. The third-order valence-corrected chi connectivity index (χ3v) is 8.28. The first-order chi connectivity index (χ1) is 17.7. The molecule has 0 aliphatic rings. The fourth-order valence-electron chi connectivity index (χ4n) is 5.32. The van der Waals surface area contributed by atoms with E-state index in [1.807, 2.05) is 0 Å². The number of benzene rings is 3. The molecule has 2 nitrogen and oxygen atoms in total. The Labute approximate surface area is 223 Å². The Morgan fingerprint density at radius 1 is 0.892 bits per heavy atom. The zero-order valence-electron chi connectivity index (χ0n) is 22.5. The van der Waals surface area contributed by atoms with Crippen LogP contribution < -0.4 is 0 Å². The second-order valence-corrected chi connectivity index (χ2v) is 12.6. The highest BCUT2D eigenvalue weighted by atomic mass is 32.1. The van der Waals surface area contributed by atoms with Crippen LogP contribution in [0, 0.1) is 12.8 Å². The fraction of sp³-hybridized carbons (Fsp3) is 0.265. The molecule has 0 spiro atoms. The molecule has 3 aromatic carbocycles. The molecule has 0 fully saturated rings. The van der Waals surface area contributed by atoms with E-state index < -0.39 is 0 Å². The average Bonchev–Trinajstić information content (AvgIpc) is 3.43. The van der Waals surface area contributed by atoms with Crippen molar-refractivity contribution in [1.82, 2.24) is 4.98 Å². The lowest BCUT2D eigenvalue weighted by molar-refractivity contribution is 0.500. The van der Waals surface area contributed by atoms with Crippen molar-refractivity contribution in [2.75, 3.05) is 0 Å². The largest absolute Gasteiger partial charge is 0.461 e. The van der Waals surface area contributed by atoms with Crippen LogP contribution in [0.1, 0.15) is 51.5 Å². The van der Waals surface area contributed by atoms with Gasteiger partial charge in [0, 0.05) is 22.9 Å². The van der Waals surface area contributed by atoms with Gasteiger partial charge in [-0.15, -0.1) is 11.3 Å². The number of aryl methyl sites for hydroxylation is 1. The van der Waals surface area contributed by atoms with Crippen LogP contribution in [0.2, 0.25) is 0 Å². The van der Waals surface area contributed by atoms with Gasteiger partial charge in [-0.1, -0.05) is 71.0 Å². The van der Waals surface area contributed by atoms with Crippen molar-refractivity contribution in [2.45, 2.75) is 53.4 Å². The zero-order chi connectivity index (χ0) is 25.9. The summed E-state index contributed by atoms with van der Waals surface area (Å²) in [5, 5.41) is 5.95. The van der Waals surface area contributed by atoms with Gasteiger partial charge in [0.05, 0.1) is 15.9 Å². The molecule has 0 atom stereocenters. The molecule has 0 aliphatic heterocycles. The number of hydrogen-bond donors (Lipinski definition) is 0. The third kappa shape index (κ3) is 4.36. The normalized spacial score (nSPS) is 12.4. The number of hydrogen-bond acceptors (Lipinski definition) is 3. The van der Waals surface area contributed by atoms with Crippen LogP contribution in [0.3, 0.4) is 0 Å². The monoisotopic (exact) mass is 503 g/mol. The van der Waals surface area contributed by atoms with Crippen LogP contribution in [-0.2, 0) is 11.8 Å². The predicted octanol–water partition coefficient (Wildman–Crippen LogP) is 10.3. The minimum atomic E-state index is 0.0266. The van der Waals surface area contributed by atoms with Gasteiger partial charge in [-0.05, 0) is 81.4 Å². The first-order valence-electron chi connectivity index (χ1n) is 13.1. The molecular weight excluding hydrogens is 470 g/mol. The molecular formula is C34H33NOS. The zero-order valence-corrected chi connectivity index (χ0v) is 23.3. The summed E-state index contributed by atoms with van der Waals surface area (Å²) in [6.07, 6.45) is 0.954. The molecule has 3 heteroatoms. The lowest BCUT2D eigenvalue weighted by atomic mass is 9.82. The molecule has 3 aromatic heterocycles. The van der Waals surface area contributed by atoms with Crippen molar-refractivity contribution in [3.63, 3.8) is 0 Å². The molecule has 37 heavy (non-hydrogen) atoms. The van der Waals surface area contributed by atoms with E-state index in [1.165, 1.54) is 37.7 Å². The highest BCUT2D eigenvalue weighted by Gasteiger charge is 2.20. The lowest BCUT2D eigenvalue weighted by Gasteiger charge is -2.23. The van der Waals surface area contributed by atoms with Crippen molar-refractivity contribution in [3.8, 4) is 22.4 Å². The molecule has 0 N–H and O–H groups in total. The third-order valence-electron chi connectivity index (χ3n) is 7.16. The molecule has 0 unspecified atom stereocenters. The fourth-order valence-corrected chi connectivity index (χ4v) is 6.35. The van der Waals surface area contributed by atoms with Crippen molar-refractivity contribution in [3.05, 3.63) is 89.0 Å². The number of pyridine rings is 1. The Bertz CT molecular complexity index is 1780. The summed E-state index contributed by atoms with van der Waals surface area (Å²) in [6, 6.07) is 24.4. The van der Waals surface area contributed by atoms with Gasteiger partial charge in [0.2, 0.25) is 0 Å². The maximum atomic E-state index is 6.26. The molecule has 0 aliphatic carbocycles. The van der Waals surface area contributed by atoms with Crippen LogP contribution in [0.4, 0.5) is 0 Å². The van der Waals surface area contributed by atoms with Gasteiger partial charge in [-0.2, -0.15) is 0 Å². The van der Waals surface area contributed by atoms with Crippen LogP contribution in [0.25, 0.3) is 54.3 Å². The Kier molecular flexibility index (Phi) is 5.72. The minimum Gasteiger partial charge on any atom is -0.461 e. The van der Waals surface area contributed by atoms with E-state index in [2.05, 4.69) is 114 Å². The molecule has 186 valence electrons. The lowest BCUT2D eigenvalue weighted by Crippen LogP contribution is -2.12. The molecule has 0 saturated heterocycles. The summed E-state index contributed by atoms with van der Waals surface area (Å²) in [6.45, 7) is 13.5. The van der Waals surface area contributed by atoms with Gasteiger partial charge in [0.1, 0.15) is 11.3 Å². The van der Waals surface area contributed by atoms with Crippen LogP contribution in [0.15, 0.2) is 76.5 Å². The highest BCUT2D eigenvalue weighted by Crippen LogP contribution is 2.40. The Balaban J connectivity index is 1.56. The standard InChI is InChI=1S/C34H33NOS/c1-20(2)13-26-15-24-12-11-23(17-31(24)36-26)28-18-30(35-32-21(3)19-37-33(28)32)25-14-22-9-7-8-10-27(22)29(16-25)34(4,5)6/h7-12,14-20H,13H2,1-6H3. The van der Waals surface area contributed by atoms with E-state index in [4.69, 9.17) is 9.40 Å². The van der Waals surface area contributed by atoms with Crippen molar-refractivity contribution in [1.29, 1.82) is 0 Å². The number of aromatic nitrogens is 1. The summed E-state index contributed by atoms with van der Waals surface area (Å²) >= 11 is 1.78. The van der Waals surface area contributed by atoms with Crippen molar-refractivity contribution in [2.24, 2.45) is 5.92 Å². The van der Waals surface area contributed by atoms with Crippen LogP contribution in [-0.4, -0.2) is 4.98 Å². The van der Waals surface area contributed by atoms with E-state index in [9.17, 15) is 0 Å². The average molecular weight is 504 g/mol. The first kappa shape index (κ1) is 23.9. The molecule has 6 rings (SSSR count). The highest BCUT2D eigenvalue weighted by molar-refractivity contribution is 7.18. The van der Waals surface area contributed by atoms with Crippen molar-refractivity contribution < 1.29 is 4.42 Å². The molecule has 0 bridgehead atoms. The second-order valence-electron chi connectivity index (χ2n) is 11.7. The molecule has 0 radical (unpaired) electrons. The van der Waals surface area contributed by atoms with E-state index in [0.717, 1.165) is 39.9 Å². The summed E-state index contributed by atoms with van der Waals surface area (Å²) in [5.74, 6) is 1.62. The van der Waals surface area contributed by atoms with E-state index >= 15 is 0 Å². The van der Waals surface area contributed by atoms with Gasteiger partial charge in [0.25, 0.3) is 0 Å². The number of rotatable bonds is 4. The summed E-state index contributed by atoms with van der Waals surface area (Å²) in [7, 11) is 0. The number of furan rings is 1. The van der Waals surface area contributed by atoms with E-state index in [0.29, 0.717) is 5.92 Å². The molecule has 6 aromatic rings. The summed E-state index contributed by atoms with van der Waals surface area (Å²) < 4.78 is 7.49. The number of fused-ring (bicyclic) bond motifs is 3.